The second-order valence-electron chi connectivity index (χ2n) is 3.56. The molecule has 0 amide bonds. The molecule has 1 atom stereocenters. The van der Waals surface area contributed by atoms with Gasteiger partial charge in [-0.1, -0.05) is 12.1 Å². The van der Waals surface area contributed by atoms with Crippen molar-refractivity contribution in [1.82, 2.24) is 4.90 Å². The molecule has 0 heterocycles. The van der Waals surface area contributed by atoms with Gasteiger partial charge in [-0.2, -0.15) is 0 Å². The van der Waals surface area contributed by atoms with Gasteiger partial charge in [-0.05, 0) is 33.2 Å². The van der Waals surface area contributed by atoms with E-state index in [0.29, 0.717) is 11.3 Å². The van der Waals surface area contributed by atoms with Crippen molar-refractivity contribution in [1.29, 1.82) is 0 Å². The summed E-state index contributed by atoms with van der Waals surface area (Å²) in [6, 6.07) is 6.87. The third kappa shape index (κ3) is 2.95. The summed E-state index contributed by atoms with van der Waals surface area (Å²) in [6.07, 6.45) is -0.267. The van der Waals surface area contributed by atoms with E-state index in [1.807, 2.05) is 14.1 Å². The summed E-state index contributed by atoms with van der Waals surface area (Å²) in [5, 5.41) is 0. The van der Waals surface area contributed by atoms with Crippen molar-refractivity contribution in [3.8, 4) is 0 Å². The quantitative estimate of drug-likeness (QED) is 0.462. The number of nitrogen functional groups attached to an aromatic ring is 1. The fourth-order valence-corrected chi connectivity index (χ4v) is 1.01. The zero-order chi connectivity index (χ0) is 11.4. The van der Waals surface area contributed by atoms with E-state index in [4.69, 9.17) is 10.5 Å². The largest absolute Gasteiger partial charge is 0.443 e. The Balaban J connectivity index is 2.74. The van der Waals surface area contributed by atoms with Gasteiger partial charge in [0.2, 0.25) is 0 Å². The Hall–Kier alpha value is -1.55. The molecule has 1 rings (SSSR count). The van der Waals surface area contributed by atoms with Crippen LogP contribution in [0.3, 0.4) is 0 Å². The third-order valence-corrected chi connectivity index (χ3v) is 2.19. The van der Waals surface area contributed by atoms with Crippen LogP contribution >= 0.6 is 0 Å². The highest BCUT2D eigenvalue weighted by Gasteiger charge is 2.14. The summed E-state index contributed by atoms with van der Waals surface area (Å²) >= 11 is 0. The summed E-state index contributed by atoms with van der Waals surface area (Å²) in [6.45, 7) is 1.80. The number of rotatable bonds is 3. The van der Waals surface area contributed by atoms with Gasteiger partial charge in [-0.3, -0.25) is 4.90 Å². The first-order chi connectivity index (χ1) is 7.02. The molecule has 0 saturated carbocycles. The molecule has 15 heavy (non-hydrogen) atoms. The van der Waals surface area contributed by atoms with Gasteiger partial charge < -0.3 is 10.5 Å². The van der Waals surface area contributed by atoms with Crippen LogP contribution in [0, 0.1) is 0 Å². The summed E-state index contributed by atoms with van der Waals surface area (Å²) in [5.74, 6) is -0.394. The summed E-state index contributed by atoms with van der Waals surface area (Å²) in [4.78, 5) is 13.5. The Kier molecular flexibility index (Phi) is 3.68. The maximum absolute atomic E-state index is 11.7. The minimum Gasteiger partial charge on any atom is -0.443 e. The van der Waals surface area contributed by atoms with Gasteiger partial charge in [0, 0.05) is 5.69 Å². The minimum absolute atomic E-state index is 0.267. The van der Waals surface area contributed by atoms with Crippen LogP contribution in [0.2, 0.25) is 0 Å². The van der Waals surface area contributed by atoms with Gasteiger partial charge in [0.25, 0.3) is 0 Å². The van der Waals surface area contributed by atoms with Crippen LogP contribution in [0.15, 0.2) is 24.3 Å². The smallest absolute Gasteiger partial charge is 0.341 e. The first kappa shape index (κ1) is 11.5. The van der Waals surface area contributed by atoms with Gasteiger partial charge in [-0.15, -0.1) is 0 Å². The average molecular weight is 208 g/mol. The van der Waals surface area contributed by atoms with E-state index in [0.717, 1.165) is 0 Å². The van der Waals surface area contributed by atoms with Crippen LogP contribution in [-0.4, -0.2) is 31.2 Å². The number of nitrogens with zero attached hydrogens (tertiary/aromatic N) is 1. The normalized spacial score (nSPS) is 12.5. The molecule has 0 fully saturated rings. The van der Waals surface area contributed by atoms with Crippen molar-refractivity contribution < 1.29 is 9.53 Å². The number of para-hydroxylation sites is 1. The van der Waals surface area contributed by atoms with E-state index in [-0.39, 0.29) is 6.23 Å². The van der Waals surface area contributed by atoms with Crippen LogP contribution in [0.5, 0.6) is 0 Å². The molecule has 2 N–H and O–H groups in total. The molecule has 4 heteroatoms. The second kappa shape index (κ2) is 4.79. The van der Waals surface area contributed by atoms with Gasteiger partial charge in [0.15, 0.2) is 6.23 Å². The molecule has 0 saturated heterocycles. The lowest BCUT2D eigenvalue weighted by atomic mass is 10.2. The standard InChI is InChI=1S/C11H16N2O2/c1-8(13(2)3)15-11(14)9-6-4-5-7-10(9)12/h4-8H,12H2,1-3H3. The predicted molar refractivity (Wildman–Crippen MR) is 59.4 cm³/mol. The van der Waals surface area contributed by atoms with Crippen molar-refractivity contribution in [3.05, 3.63) is 29.8 Å². The number of hydrogen-bond donors (Lipinski definition) is 1. The maximum Gasteiger partial charge on any atom is 0.341 e. The van der Waals surface area contributed by atoms with Crippen molar-refractivity contribution in [3.63, 3.8) is 0 Å². The van der Waals surface area contributed by atoms with Crippen LogP contribution in [0.1, 0.15) is 17.3 Å². The summed E-state index contributed by atoms with van der Waals surface area (Å²) in [7, 11) is 3.68. The average Bonchev–Trinajstić information content (AvgIpc) is 2.18. The summed E-state index contributed by atoms with van der Waals surface area (Å²) in [5.41, 5.74) is 6.51. The first-order valence-corrected chi connectivity index (χ1v) is 4.74. The first-order valence-electron chi connectivity index (χ1n) is 4.74. The zero-order valence-corrected chi connectivity index (χ0v) is 9.23. The summed E-state index contributed by atoms with van der Waals surface area (Å²) < 4.78 is 5.19. The van der Waals surface area contributed by atoms with Crippen molar-refractivity contribution in [2.45, 2.75) is 13.2 Å². The lowest BCUT2D eigenvalue weighted by molar-refractivity contribution is -0.00535. The Morgan fingerprint density at radius 2 is 2.00 bits per heavy atom. The van der Waals surface area contributed by atoms with Gasteiger partial charge in [-0.25, -0.2) is 4.79 Å². The molecule has 1 aromatic carbocycles. The topological polar surface area (TPSA) is 55.6 Å². The van der Waals surface area contributed by atoms with Gasteiger partial charge in [0.05, 0.1) is 5.56 Å². The molecule has 82 valence electrons. The monoisotopic (exact) mass is 208 g/mol. The molecule has 0 aromatic heterocycles. The molecular weight excluding hydrogens is 192 g/mol. The zero-order valence-electron chi connectivity index (χ0n) is 9.23. The Morgan fingerprint density at radius 1 is 1.40 bits per heavy atom. The van der Waals surface area contributed by atoms with E-state index >= 15 is 0 Å². The van der Waals surface area contributed by atoms with Gasteiger partial charge in [0.1, 0.15) is 0 Å². The van der Waals surface area contributed by atoms with Crippen LogP contribution < -0.4 is 5.73 Å². The lowest BCUT2D eigenvalue weighted by Crippen LogP contribution is -2.30. The molecular formula is C11H16N2O2. The van der Waals surface area contributed by atoms with E-state index < -0.39 is 5.97 Å². The Labute approximate surface area is 89.6 Å². The fraction of sp³-hybridized carbons (Fsp3) is 0.364. The number of hydrogen-bond acceptors (Lipinski definition) is 4. The minimum atomic E-state index is -0.394. The number of anilines is 1. The SMILES string of the molecule is CC(OC(=O)c1ccccc1N)N(C)C. The fourth-order valence-electron chi connectivity index (χ4n) is 1.01. The van der Waals surface area contributed by atoms with E-state index in [1.54, 1.807) is 36.1 Å². The van der Waals surface area contributed by atoms with Gasteiger partial charge >= 0.3 is 5.97 Å². The number of carbonyl (C=O) groups is 1. The molecule has 1 unspecified atom stereocenters. The highest BCUT2D eigenvalue weighted by molar-refractivity contribution is 5.95. The van der Waals surface area contributed by atoms with Crippen molar-refractivity contribution in [2.24, 2.45) is 0 Å². The Bertz CT molecular complexity index is 350. The molecule has 0 radical (unpaired) electrons. The highest BCUT2D eigenvalue weighted by Crippen LogP contribution is 2.13. The Morgan fingerprint density at radius 3 is 2.53 bits per heavy atom. The van der Waals surface area contributed by atoms with E-state index in [1.165, 1.54) is 0 Å². The number of nitrogens with two attached hydrogens (primary N) is 1. The van der Waals surface area contributed by atoms with Crippen LogP contribution in [0.25, 0.3) is 0 Å². The molecule has 1 aromatic rings. The van der Waals surface area contributed by atoms with Crippen LogP contribution in [0.4, 0.5) is 5.69 Å². The number of carbonyl (C=O) groups excluding carboxylic acids is 1. The molecule has 4 nitrogen and oxygen atoms in total. The number of ether oxygens (including phenoxy) is 1. The lowest BCUT2D eigenvalue weighted by Gasteiger charge is -2.20. The van der Waals surface area contributed by atoms with Crippen molar-refractivity contribution in [2.75, 3.05) is 19.8 Å². The molecule has 0 bridgehead atoms. The second-order valence-corrected chi connectivity index (χ2v) is 3.56. The number of esters is 1. The third-order valence-electron chi connectivity index (χ3n) is 2.19. The van der Waals surface area contributed by atoms with Crippen molar-refractivity contribution >= 4 is 11.7 Å². The highest BCUT2D eigenvalue weighted by atomic mass is 16.6. The predicted octanol–water partition coefficient (Wildman–Crippen LogP) is 1.33. The van der Waals surface area contributed by atoms with E-state index in [9.17, 15) is 4.79 Å². The molecule has 0 aliphatic carbocycles. The van der Waals surface area contributed by atoms with Crippen LogP contribution in [-0.2, 0) is 4.74 Å². The number of benzene rings is 1. The molecule has 0 spiro atoms. The molecule has 0 aliphatic heterocycles. The molecule has 0 aliphatic rings. The van der Waals surface area contributed by atoms with E-state index in [2.05, 4.69) is 0 Å². The maximum atomic E-state index is 11.7.